The van der Waals surface area contributed by atoms with Gasteiger partial charge in [0.1, 0.15) is 17.1 Å². The van der Waals surface area contributed by atoms with Crippen molar-refractivity contribution in [3.05, 3.63) is 94.8 Å². The van der Waals surface area contributed by atoms with E-state index in [2.05, 4.69) is 31.2 Å². The Balaban J connectivity index is 1.62. The molecule has 0 saturated heterocycles. The third-order valence-electron chi connectivity index (χ3n) is 4.78. The Labute approximate surface area is 191 Å². The molecule has 0 aliphatic rings. The molecule has 0 aliphatic heterocycles. The molecular formula is C24H16BrFN4O2. The predicted molar refractivity (Wildman–Crippen MR) is 121 cm³/mol. The Hall–Kier alpha value is -3.78. The lowest BCUT2D eigenvalue weighted by Gasteiger charge is -2.10. The van der Waals surface area contributed by atoms with Gasteiger partial charge in [0.05, 0.1) is 11.4 Å². The van der Waals surface area contributed by atoms with Gasteiger partial charge in [0, 0.05) is 10.0 Å². The zero-order valence-electron chi connectivity index (χ0n) is 16.9. The van der Waals surface area contributed by atoms with E-state index in [1.807, 2.05) is 61.5 Å². The largest absolute Gasteiger partial charge is 0.438 e. The van der Waals surface area contributed by atoms with Crippen molar-refractivity contribution in [1.29, 1.82) is 0 Å². The maximum absolute atomic E-state index is 13.4. The summed E-state index contributed by atoms with van der Waals surface area (Å²) in [7, 11) is 0. The second kappa shape index (κ2) is 8.39. The highest BCUT2D eigenvalue weighted by Gasteiger charge is 2.25. The van der Waals surface area contributed by atoms with Crippen molar-refractivity contribution >= 4 is 15.9 Å². The summed E-state index contributed by atoms with van der Waals surface area (Å²) in [6.45, 7) is 1.84. The summed E-state index contributed by atoms with van der Waals surface area (Å²) in [5.41, 5.74) is 2.80. The summed E-state index contributed by atoms with van der Waals surface area (Å²) in [5.74, 6) is 1.16. The average Bonchev–Trinajstić information content (AvgIpc) is 3.41. The van der Waals surface area contributed by atoms with Crippen molar-refractivity contribution in [2.75, 3.05) is 0 Å². The first-order chi connectivity index (χ1) is 15.6. The summed E-state index contributed by atoms with van der Waals surface area (Å²) < 4.78 is 28.2. The van der Waals surface area contributed by atoms with E-state index in [1.54, 1.807) is 16.8 Å². The van der Waals surface area contributed by atoms with Crippen LogP contribution in [0.1, 0.15) is 5.69 Å². The van der Waals surface area contributed by atoms with E-state index in [9.17, 15) is 4.39 Å². The molecule has 5 rings (SSSR count). The highest BCUT2D eigenvalue weighted by Crippen LogP contribution is 2.38. The van der Waals surface area contributed by atoms with Crippen LogP contribution in [0.2, 0.25) is 0 Å². The van der Waals surface area contributed by atoms with Crippen LogP contribution < -0.4 is 4.74 Å². The Kier molecular flexibility index (Phi) is 5.28. The maximum atomic E-state index is 13.4. The molecule has 32 heavy (non-hydrogen) atoms. The molecule has 6 nitrogen and oxygen atoms in total. The molecule has 0 N–H and O–H groups in total. The molecule has 0 fully saturated rings. The fraction of sp³-hybridized carbons (Fsp3) is 0.0417. The Morgan fingerprint density at radius 3 is 2.28 bits per heavy atom. The Morgan fingerprint density at radius 1 is 0.875 bits per heavy atom. The molecule has 2 aromatic heterocycles. The van der Waals surface area contributed by atoms with Crippen molar-refractivity contribution < 1.29 is 13.5 Å². The van der Waals surface area contributed by atoms with Gasteiger partial charge in [0.25, 0.3) is 5.89 Å². The summed E-state index contributed by atoms with van der Waals surface area (Å²) in [6.07, 6.45) is 0. The smallest absolute Gasteiger partial charge is 0.255 e. The van der Waals surface area contributed by atoms with Crippen molar-refractivity contribution in [3.8, 4) is 40.2 Å². The number of hydrogen-bond acceptors (Lipinski definition) is 5. The number of nitrogens with zero attached hydrogens (tertiary/aromatic N) is 4. The van der Waals surface area contributed by atoms with Crippen LogP contribution in [0, 0.1) is 12.7 Å². The normalized spacial score (nSPS) is 11.0. The van der Waals surface area contributed by atoms with E-state index in [4.69, 9.17) is 9.15 Å². The zero-order valence-corrected chi connectivity index (χ0v) is 18.5. The molecule has 0 unspecified atom stereocenters. The van der Waals surface area contributed by atoms with Gasteiger partial charge < -0.3 is 9.15 Å². The monoisotopic (exact) mass is 490 g/mol. The average molecular weight is 491 g/mol. The lowest BCUT2D eigenvalue weighted by Crippen LogP contribution is -2.00. The highest BCUT2D eigenvalue weighted by atomic mass is 79.9. The summed E-state index contributed by atoms with van der Waals surface area (Å²) in [5, 5.41) is 13.1. The van der Waals surface area contributed by atoms with Crippen LogP contribution in [0.3, 0.4) is 0 Å². The minimum Gasteiger partial charge on any atom is -0.438 e. The van der Waals surface area contributed by atoms with Crippen LogP contribution in [0.4, 0.5) is 4.39 Å². The van der Waals surface area contributed by atoms with Gasteiger partial charge in [-0.1, -0.05) is 34.1 Å². The molecule has 2 heterocycles. The van der Waals surface area contributed by atoms with Gasteiger partial charge in [-0.05, 0) is 67.6 Å². The van der Waals surface area contributed by atoms with E-state index in [1.165, 1.54) is 12.1 Å². The minimum absolute atomic E-state index is 0.278. The standard InChI is InChI=1S/C24H16BrFN4O2/c1-15-21(23-28-27-22(32-23)16-7-9-17(25)10-8-16)24(31-20-13-11-18(26)12-14-20)30(29-15)19-5-3-2-4-6-19/h2-14H,1H3. The molecule has 0 saturated carbocycles. The number of rotatable bonds is 5. The van der Waals surface area contributed by atoms with Crippen LogP contribution in [-0.4, -0.2) is 20.0 Å². The van der Waals surface area contributed by atoms with Gasteiger partial charge in [-0.15, -0.1) is 10.2 Å². The van der Waals surface area contributed by atoms with Crippen molar-refractivity contribution in [2.24, 2.45) is 0 Å². The molecule has 0 aliphatic carbocycles. The molecule has 0 bridgehead atoms. The molecule has 0 atom stereocenters. The molecule has 0 radical (unpaired) electrons. The van der Waals surface area contributed by atoms with E-state index >= 15 is 0 Å². The van der Waals surface area contributed by atoms with Crippen LogP contribution in [0.5, 0.6) is 11.6 Å². The van der Waals surface area contributed by atoms with Gasteiger partial charge in [0.2, 0.25) is 11.8 Å². The fourth-order valence-corrected chi connectivity index (χ4v) is 3.50. The van der Waals surface area contributed by atoms with Crippen molar-refractivity contribution in [1.82, 2.24) is 20.0 Å². The number of para-hydroxylation sites is 1. The van der Waals surface area contributed by atoms with Crippen LogP contribution in [-0.2, 0) is 0 Å². The Bertz CT molecular complexity index is 1360. The first-order valence-corrected chi connectivity index (χ1v) is 10.6. The highest BCUT2D eigenvalue weighted by molar-refractivity contribution is 9.10. The van der Waals surface area contributed by atoms with Gasteiger partial charge in [-0.2, -0.15) is 9.78 Å². The van der Waals surface area contributed by atoms with E-state index in [0.717, 1.165) is 15.7 Å². The number of benzene rings is 3. The second-order valence-electron chi connectivity index (χ2n) is 6.99. The lowest BCUT2D eigenvalue weighted by molar-refractivity contribution is 0.442. The third-order valence-corrected chi connectivity index (χ3v) is 5.31. The summed E-state index contributed by atoms with van der Waals surface area (Å²) >= 11 is 3.42. The van der Waals surface area contributed by atoms with Gasteiger partial charge >= 0.3 is 0 Å². The SMILES string of the molecule is Cc1nn(-c2ccccc2)c(Oc2ccc(F)cc2)c1-c1nnc(-c2ccc(Br)cc2)o1. The second-order valence-corrected chi connectivity index (χ2v) is 7.90. The summed E-state index contributed by atoms with van der Waals surface area (Å²) in [6, 6.07) is 22.9. The molecular weight excluding hydrogens is 475 g/mol. The van der Waals surface area contributed by atoms with Crippen LogP contribution >= 0.6 is 15.9 Å². The zero-order chi connectivity index (χ0) is 22.1. The number of halogens is 2. The number of aromatic nitrogens is 4. The molecule has 158 valence electrons. The first-order valence-electron chi connectivity index (χ1n) is 9.77. The Morgan fingerprint density at radius 2 is 1.56 bits per heavy atom. The number of aryl methyl sites for hydroxylation is 1. The molecule has 3 aromatic carbocycles. The first kappa shape index (κ1) is 20.1. The van der Waals surface area contributed by atoms with Crippen molar-refractivity contribution in [2.45, 2.75) is 6.92 Å². The van der Waals surface area contributed by atoms with Crippen LogP contribution in [0.25, 0.3) is 28.6 Å². The third kappa shape index (κ3) is 3.92. The molecule has 5 aromatic rings. The maximum Gasteiger partial charge on any atom is 0.255 e. The van der Waals surface area contributed by atoms with Crippen LogP contribution in [0.15, 0.2) is 87.8 Å². The topological polar surface area (TPSA) is 66.0 Å². The lowest BCUT2D eigenvalue weighted by atomic mass is 10.2. The number of hydrogen-bond donors (Lipinski definition) is 0. The number of ether oxygens (including phenoxy) is 1. The van der Waals surface area contributed by atoms with Crippen molar-refractivity contribution in [3.63, 3.8) is 0 Å². The van der Waals surface area contributed by atoms with E-state index in [-0.39, 0.29) is 11.7 Å². The molecule has 0 amide bonds. The van der Waals surface area contributed by atoms with E-state index < -0.39 is 0 Å². The predicted octanol–water partition coefficient (Wildman–Crippen LogP) is 6.59. The quantitative estimate of drug-likeness (QED) is 0.278. The minimum atomic E-state index is -0.346. The van der Waals surface area contributed by atoms with Gasteiger partial charge in [0.15, 0.2) is 0 Å². The van der Waals surface area contributed by atoms with Gasteiger partial charge in [-0.3, -0.25) is 0 Å². The summed E-state index contributed by atoms with van der Waals surface area (Å²) in [4.78, 5) is 0. The van der Waals surface area contributed by atoms with Gasteiger partial charge in [-0.25, -0.2) is 4.39 Å². The molecule has 0 spiro atoms. The fourth-order valence-electron chi connectivity index (χ4n) is 3.24. The van der Waals surface area contributed by atoms with E-state index in [0.29, 0.717) is 28.8 Å². The molecule has 8 heteroatoms.